The number of aromatic nitrogens is 1. The maximum absolute atomic E-state index is 9.87. The fourth-order valence-electron chi connectivity index (χ4n) is 1.96. The van der Waals surface area contributed by atoms with E-state index < -0.39 is 6.10 Å². The number of hydrogen-bond donors (Lipinski definition) is 1. The van der Waals surface area contributed by atoms with Crippen molar-refractivity contribution in [1.29, 1.82) is 0 Å². The second-order valence-electron chi connectivity index (χ2n) is 4.47. The normalized spacial score (nSPS) is 12.4. The van der Waals surface area contributed by atoms with E-state index in [9.17, 15) is 5.11 Å². The second-order valence-corrected chi connectivity index (χ2v) is 4.47. The van der Waals surface area contributed by atoms with Gasteiger partial charge < -0.3 is 19.5 Å². The molecule has 20 heavy (non-hydrogen) atoms. The lowest BCUT2D eigenvalue weighted by atomic mass is 10.1. The summed E-state index contributed by atoms with van der Waals surface area (Å²) in [4.78, 5) is 6.52. The van der Waals surface area contributed by atoms with Crippen LogP contribution in [-0.2, 0) is 9.47 Å². The molecule has 0 aliphatic heterocycles. The number of aliphatic hydroxyl groups excluding tert-OH is 1. The second kappa shape index (κ2) is 9.69. The molecule has 0 saturated carbocycles. The van der Waals surface area contributed by atoms with Crippen molar-refractivity contribution in [2.75, 3.05) is 44.4 Å². The molecule has 0 aliphatic carbocycles. The Morgan fingerprint density at radius 3 is 2.30 bits per heavy atom. The molecule has 0 amide bonds. The fourth-order valence-corrected chi connectivity index (χ4v) is 1.96. The highest BCUT2D eigenvalue weighted by Gasteiger charge is 2.15. The van der Waals surface area contributed by atoms with Crippen LogP contribution in [-0.4, -0.2) is 49.6 Å². The Balaban J connectivity index is 2.79. The molecule has 1 heterocycles. The largest absolute Gasteiger partial charge is 0.389 e. The molecule has 1 aromatic heterocycles. The van der Waals surface area contributed by atoms with Gasteiger partial charge in [-0.3, -0.25) is 0 Å². The van der Waals surface area contributed by atoms with E-state index in [1.807, 2.05) is 26.0 Å². The highest BCUT2D eigenvalue weighted by molar-refractivity contribution is 5.47. The molecule has 1 rings (SSSR count). The molecule has 0 bridgehead atoms. The van der Waals surface area contributed by atoms with Crippen molar-refractivity contribution in [2.24, 2.45) is 0 Å². The smallest absolute Gasteiger partial charge is 0.134 e. The van der Waals surface area contributed by atoms with Gasteiger partial charge in [-0.15, -0.1) is 0 Å². The molecule has 114 valence electrons. The van der Waals surface area contributed by atoms with Crippen LogP contribution in [0.15, 0.2) is 18.3 Å². The first-order valence-electron chi connectivity index (χ1n) is 7.24. The number of anilines is 1. The monoisotopic (exact) mass is 282 g/mol. The first kappa shape index (κ1) is 16.9. The molecule has 1 atom stereocenters. The standard InChI is InChI=1S/C15H26N2O3/c1-4-19-11-9-17(10-12-20-5-2)15-14(13(3)18)7-6-8-16-15/h6-8,13,18H,4-5,9-12H2,1-3H3/t13-/m1/s1. The van der Waals surface area contributed by atoms with Gasteiger partial charge in [0.1, 0.15) is 5.82 Å². The molecule has 0 aromatic carbocycles. The quantitative estimate of drug-likeness (QED) is 0.665. The summed E-state index contributed by atoms with van der Waals surface area (Å²) in [5.74, 6) is 0.807. The van der Waals surface area contributed by atoms with Crippen LogP contribution in [0.5, 0.6) is 0 Å². The summed E-state index contributed by atoms with van der Waals surface area (Å²) in [6.45, 7) is 9.85. The van der Waals surface area contributed by atoms with E-state index in [0.29, 0.717) is 26.4 Å². The zero-order valence-electron chi connectivity index (χ0n) is 12.7. The average Bonchev–Trinajstić information content (AvgIpc) is 2.46. The number of aliphatic hydroxyl groups is 1. The van der Waals surface area contributed by atoms with E-state index in [4.69, 9.17) is 9.47 Å². The molecule has 5 heteroatoms. The molecule has 0 aliphatic rings. The van der Waals surface area contributed by atoms with Gasteiger partial charge in [-0.25, -0.2) is 4.98 Å². The predicted molar refractivity (Wildman–Crippen MR) is 80.1 cm³/mol. The molecule has 0 radical (unpaired) electrons. The van der Waals surface area contributed by atoms with Gasteiger partial charge in [-0.1, -0.05) is 6.07 Å². The van der Waals surface area contributed by atoms with Crippen molar-refractivity contribution in [3.05, 3.63) is 23.9 Å². The first-order valence-corrected chi connectivity index (χ1v) is 7.24. The van der Waals surface area contributed by atoms with Crippen LogP contribution in [0.1, 0.15) is 32.4 Å². The van der Waals surface area contributed by atoms with Gasteiger partial charge in [0.05, 0.1) is 19.3 Å². The predicted octanol–water partition coefficient (Wildman–Crippen LogP) is 2.01. The van der Waals surface area contributed by atoms with Crippen molar-refractivity contribution < 1.29 is 14.6 Å². The molecule has 1 aromatic rings. The van der Waals surface area contributed by atoms with Gasteiger partial charge in [-0.05, 0) is 26.8 Å². The Bertz CT molecular complexity index is 362. The van der Waals surface area contributed by atoms with Gasteiger partial charge in [0.25, 0.3) is 0 Å². The molecule has 0 spiro atoms. The lowest BCUT2D eigenvalue weighted by Crippen LogP contribution is -2.32. The van der Waals surface area contributed by atoms with Crippen molar-refractivity contribution >= 4 is 5.82 Å². The third-order valence-corrected chi connectivity index (χ3v) is 2.99. The van der Waals surface area contributed by atoms with Crippen LogP contribution in [0, 0.1) is 0 Å². The summed E-state index contributed by atoms with van der Waals surface area (Å²) in [6.07, 6.45) is 1.20. The third-order valence-electron chi connectivity index (χ3n) is 2.99. The van der Waals surface area contributed by atoms with Crippen molar-refractivity contribution in [3.8, 4) is 0 Å². The van der Waals surface area contributed by atoms with Gasteiger partial charge in [0, 0.05) is 38.1 Å². The van der Waals surface area contributed by atoms with Gasteiger partial charge in [0.15, 0.2) is 0 Å². The lowest BCUT2D eigenvalue weighted by Gasteiger charge is -2.26. The van der Waals surface area contributed by atoms with Gasteiger partial charge in [0.2, 0.25) is 0 Å². The van der Waals surface area contributed by atoms with E-state index in [0.717, 1.165) is 24.5 Å². The van der Waals surface area contributed by atoms with Crippen LogP contribution in [0.2, 0.25) is 0 Å². The number of pyridine rings is 1. The summed E-state index contributed by atoms with van der Waals surface area (Å²) in [5, 5.41) is 9.87. The molecular weight excluding hydrogens is 256 g/mol. The highest BCUT2D eigenvalue weighted by atomic mass is 16.5. The SMILES string of the molecule is CCOCCN(CCOCC)c1ncccc1[C@@H](C)O. The zero-order chi connectivity index (χ0) is 14.8. The lowest BCUT2D eigenvalue weighted by molar-refractivity contribution is 0.140. The topological polar surface area (TPSA) is 54.8 Å². The Kier molecular flexibility index (Phi) is 8.18. The Morgan fingerprint density at radius 2 is 1.80 bits per heavy atom. The van der Waals surface area contributed by atoms with E-state index >= 15 is 0 Å². The minimum absolute atomic E-state index is 0.541. The molecule has 0 unspecified atom stereocenters. The summed E-state index contributed by atoms with van der Waals surface area (Å²) < 4.78 is 10.8. The molecule has 1 N–H and O–H groups in total. The fraction of sp³-hybridized carbons (Fsp3) is 0.667. The zero-order valence-corrected chi connectivity index (χ0v) is 12.7. The highest BCUT2D eigenvalue weighted by Crippen LogP contribution is 2.23. The molecule has 5 nitrogen and oxygen atoms in total. The van der Waals surface area contributed by atoms with Crippen LogP contribution < -0.4 is 4.90 Å². The Labute approximate surface area is 121 Å². The molecule has 0 fully saturated rings. The maximum Gasteiger partial charge on any atom is 0.134 e. The number of hydrogen-bond acceptors (Lipinski definition) is 5. The molecular formula is C15H26N2O3. The minimum Gasteiger partial charge on any atom is -0.389 e. The maximum atomic E-state index is 9.87. The van der Waals surface area contributed by atoms with Gasteiger partial charge >= 0.3 is 0 Å². The minimum atomic E-state index is -0.541. The summed E-state index contributed by atoms with van der Waals surface area (Å²) in [6, 6.07) is 3.75. The van der Waals surface area contributed by atoms with Crippen LogP contribution >= 0.6 is 0 Å². The average molecular weight is 282 g/mol. The van der Waals surface area contributed by atoms with Crippen molar-refractivity contribution in [1.82, 2.24) is 4.98 Å². The van der Waals surface area contributed by atoms with Crippen molar-refractivity contribution in [2.45, 2.75) is 26.9 Å². The summed E-state index contributed by atoms with van der Waals surface area (Å²) in [5.41, 5.74) is 0.834. The van der Waals surface area contributed by atoms with E-state index in [2.05, 4.69) is 9.88 Å². The summed E-state index contributed by atoms with van der Waals surface area (Å²) in [7, 11) is 0. The Morgan fingerprint density at radius 1 is 1.20 bits per heavy atom. The third kappa shape index (κ3) is 5.45. The number of nitrogens with zero attached hydrogens (tertiary/aromatic N) is 2. The van der Waals surface area contributed by atoms with E-state index in [1.54, 1.807) is 13.1 Å². The van der Waals surface area contributed by atoms with E-state index in [-0.39, 0.29) is 0 Å². The summed E-state index contributed by atoms with van der Waals surface area (Å²) >= 11 is 0. The molecule has 0 saturated heterocycles. The number of rotatable bonds is 10. The first-order chi connectivity index (χ1) is 9.70. The van der Waals surface area contributed by atoms with Crippen LogP contribution in [0.3, 0.4) is 0 Å². The Hall–Kier alpha value is -1.17. The van der Waals surface area contributed by atoms with Crippen LogP contribution in [0.4, 0.5) is 5.82 Å². The number of ether oxygens (including phenoxy) is 2. The van der Waals surface area contributed by atoms with Crippen LogP contribution in [0.25, 0.3) is 0 Å². The van der Waals surface area contributed by atoms with E-state index in [1.165, 1.54) is 0 Å². The van der Waals surface area contributed by atoms with Crippen molar-refractivity contribution in [3.63, 3.8) is 0 Å². The van der Waals surface area contributed by atoms with Gasteiger partial charge in [-0.2, -0.15) is 0 Å².